The number of carbonyl (C=O) groups is 1. The van der Waals surface area contributed by atoms with Crippen molar-refractivity contribution in [2.45, 2.75) is 26.7 Å². The Kier molecular flexibility index (Phi) is 4.42. The molecule has 4 rings (SSSR count). The van der Waals surface area contributed by atoms with E-state index >= 15 is 0 Å². The van der Waals surface area contributed by atoms with Crippen molar-refractivity contribution in [2.24, 2.45) is 0 Å². The zero-order valence-corrected chi connectivity index (χ0v) is 15.6. The van der Waals surface area contributed by atoms with E-state index in [1.165, 1.54) is 39.5 Å². The molecule has 0 saturated carbocycles. The van der Waals surface area contributed by atoms with E-state index in [0.29, 0.717) is 13.0 Å². The van der Waals surface area contributed by atoms with Gasteiger partial charge in [-0.05, 0) is 43.0 Å². The van der Waals surface area contributed by atoms with Crippen LogP contribution in [0.4, 0.5) is 0 Å². The Bertz CT molecular complexity index is 1100. The number of hydrogen-bond donors (Lipinski definition) is 2. The molecule has 2 N–H and O–H groups in total. The van der Waals surface area contributed by atoms with Crippen LogP contribution in [-0.2, 0) is 17.6 Å². The smallest absolute Gasteiger partial charge is 0.224 e. The molecule has 0 radical (unpaired) electrons. The van der Waals surface area contributed by atoms with Crippen LogP contribution in [0.5, 0.6) is 0 Å². The molecule has 26 heavy (non-hydrogen) atoms. The number of fused-ring (bicyclic) bond motifs is 2. The summed E-state index contributed by atoms with van der Waals surface area (Å²) < 4.78 is 8.52. The SMILES string of the molecule is Cc1[nH]c2c(C)cccc2c1CCNC(=O)Cc1cccc2nsnc12. The number of H-pyrrole nitrogens is 1. The van der Waals surface area contributed by atoms with Crippen LogP contribution in [0.15, 0.2) is 36.4 Å². The van der Waals surface area contributed by atoms with Crippen molar-refractivity contribution in [1.29, 1.82) is 0 Å². The topological polar surface area (TPSA) is 70.7 Å². The van der Waals surface area contributed by atoms with E-state index in [1.54, 1.807) is 0 Å². The van der Waals surface area contributed by atoms with E-state index in [0.717, 1.165) is 23.0 Å². The van der Waals surface area contributed by atoms with Gasteiger partial charge in [0.05, 0.1) is 18.1 Å². The fourth-order valence-electron chi connectivity index (χ4n) is 3.44. The van der Waals surface area contributed by atoms with E-state index in [9.17, 15) is 4.79 Å². The third-order valence-electron chi connectivity index (χ3n) is 4.78. The number of rotatable bonds is 5. The summed E-state index contributed by atoms with van der Waals surface area (Å²) in [4.78, 5) is 15.8. The van der Waals surface area contributed by atoms with Crippen molar-refractivity contribution in [2.75, 3.05) is 6.54 Å². The summed E-state index contributed by atoms with van der Waals surface area (Å²) in [6.45, 7) is 4.82. The fourth-order valence-corrected chi connectivity index (χ4v) is 4.01. The number of nitrogens with one attached hydrogen (secondary N) is 2. The molecule has 0 saturated heterocycles. The maximum atomic E-state index is 12.3. The first-order valence-electron chi connectivity index (χ1n) is 8.67. The van der Waals surface area contributed by atoms with Gasteiger partial charge >= 0.3 is 0 Å². The van der Waals surface area contributed by atoms with Gasteiger partial charge in [-0.25, -0.2) is 0 Å². The molecule has 132 valence electrons. The van der Waals surface area contributed by atoms with Crippen LogP contribution in [0.25, 0.3) is 21.9 Å². The molecule has 0 atom stereocenters. The maximum absolute atomic E-state index is 12.3. The highest BCUT2D eigenvalue weighted by atomic mass is 32.1. The summed E-state index contributed by atoms with van der Waals surface area (Å²) in [7, 11) is 0. The minimum absolute atomic E-state index is 0.0131. The van der Waals surface area contributed by atoms with Crippen molar-refractivity contribution < 1.29 is 4.79 Å². The van der Waals surface area contributed by atoms with Crippen LogP contribution in [-0.4, -0.2) is 26.2 Å². The Morgan fingerprint density at radius 3 is 2.88 bits per heavy atom. The molecule has 5 nitrogen and oxygen atoms in total. The van der Waals surface area contributed by atoms with Crippen molar-refractivity contribution in [3.63, 3.8) is 0 Å². The summed E-state index contributed by atoms with van der Waals surface area (Å²) in [5, 5.41) is 4.28. The molecule has 0 aliphatic heterocycles. The van der Waals surface area contributed by atoms with Crippen molar-refractivity contribution >= 4 is 39.6 Å². The molecular weight excluding hydrogens is 344 g/mol. The summed E-state index contributed by atoms with van der Waals surface area (Å²) in [5.74, 6) is 0.0131. The molecular formula is C20H20N4OS. The van der Waals surface area contributed by atoms with Crippen molar-refractivity contribution in [3.05, 3.63) is 58.8 Å². The average molecular weight is 364 g/mol. The molecule has 4 aromatic rings. The van der Waals surface area contributed by atoms with E-state index < -0.39 is 0 Å². The number of aromatic amines is 1. The lowest BCUT2D eigenvalue weighted by molar-refractivity contribution is -0.120. The van der Waals surface area contributed by atoms with Gasteiger partial charge in [-0.15, -0.1) is 0 Å². The average Bonchev–Trinajstić information content (AvgIpc) is 3.22. The van der Waals surface area contributed by atoms with Gasteiger partial charge in [-0.2, -0.15) is 8.75 Å². The number of carbonyl (C=O) groups excluding carboxylic acids is 1. The van der Waals surface area contributed by atoms with E-state index in [1.807, 2.05) is 18.2 Å². The highest BCUT2D eigenvalue weighted by Crippen LogP contribution is 2.24. The first-order valence-corrected chi connectivity index (χ1v) is 9.40. The highest BCUT2D eigenvalue weighted by molar-refractivity contribution is 7.00. The zero-order chi connectivity index (χ0) is 18.1. The number of amides is 1. The molecule has 6 heteroatoms. The lowest BCUT2D eigenvalue weighted by Gasteiger charge is -2.06. The largest absolute Gasteiger partial charge is 0.358 e. The highest BCUT2D eigenvalue weighted by Gasteiger charge is 2.12. The van der Waals surface area contributed by atoms with Gasteiger partial charge in [0.2, 0.25) is 5.91 Å². The summed E-state index contributed by atoms with van der Waals surface area (Å²) >= 11 is 1.18. The minimum atomic E-state index is 0.0131. The Balaban J connectivity index is 1.42. The van der Waals surface area contributed by atoms with Gasteiger partial charge in [0.15, 0.2) is 0 Å². The van der Waals surface area contributed by atoms with Crippen LogP contribution in [0, 0.1) is 13.8 Å². The third kappa shape index (κ3) is 3.08. The molecule has 0 aliphatic rings. The molecule has 0 fully saturated rings. The third-order valence-corrected chi connectivity index (χ3v) is 5.32. The van der Waals surface area contributed by atoms with Crippen LogP contribution < -0.4 is 5.32 Å². The molecule has 0 aliphatic carbocycles. The van der Waals surface area contributed by atoms with Gasteiger partial charge < -0.3 is 10.3 Å². The molecule has 2 aromatic heterocycles. The minimum Gasteiger partial charge on any atom is -0.358 e. The van der Waals surface area contributed by atoms with Gasteiger partial charge in [0.25, 0.3) is 0 Å². The van der Waals surface area contributed by atoms with Crippen LogP contribution >= 0.6 is 11.7 Å². The standard InChI is InChI=1S/C20H20N4OS/c1-12-5-3-7-16-15(13(2)22-19(12)16)9-10-21-18(25)11-14-6-4-8-17-20(14)24-26-23-17/h3-8,22H,9-11H2,1-2H3,(H,21,25). The number of para-hydroxylation sites is 1. The Morgan fingerprint density at radius 1 is 1.15 bits per heavy atom. The number of benzene rings is 2. The first kappa shape index (κ1) is 16.7. The second-order valence-corrected chi connectivity index (χ2v) is 7.08. The number of hydrogen-bond acceptors (Lipinski definition) is 4. The summed E-state index contributed by atoms with van der Waals surface area (Å²) in [6, 6.07) is 12.1. The van der Waals surface area contributed by atoms with E-state index in [-0.39, 0.29) is 5.91 Å². The molecule has 0 bridgehead atoms. The molecule has 0 spiro atoms. The fraction of sp³-hybridized carbons (Fsp3) is 0.250. The second kappa shape index (κ2) is 6.88. The first-order chi connectivity index (χ1) is 12.6. The van der Waals surface area contributed by atoms with Gasteiger partial charge in [-0.3, -0.25) is 4.79 Å². The monoisotopic (exact) mass is 364 g/mol. The molecule has 2 aromatic carbocycles. The van der Waals surface area contributed by atoms with Gasteiger partial charge in [0, 0.05) is 23.1 Å². The van der Waals surface area contributed by atoms with Crippen LogP contribution in [0.3, 0.4) is 0 Å². The Morgan fingerprint density at radius 2 is 2.00 bits per heavy atom. The number of aryl methyl sites for hydroxylation is 2. The normalized spacial score (nSPS) is 11.3. The Labute approximate surface area is 155 Å². The van der Waals surface area contributed by atoms with Gasteiger partial charge in [-0.1, -0.05) is 30.3 Å². The van der Waals surface area contributed by atoms with E-state index in [4.69, 9.17) is 0 Å². The molecule has 1 amide bonds. The number of aromatic nitrogens is 3. The van der Waals surface area contributed by atoms with E-state index in [2.05, 4.69) is 51.1 Å². The predicted octanol–water partition coefficient (Wildman–Crippen LogP) is 3.69. The number of nitrogens with zero attached hydrogens (tertiary/aromatic N) is 2. The second-order valence-electron chi connectivity index (χ2n) is 6.55. The predicted molar refractivity (Wildman–Crippen MR) is 106 cm³/mol. The lowest BCUT2D eigenvalue weighted by Crippen LogP contribution is -2.27. The lowest BCUT2D eigenvalue weighted by atomic mass is 10.1. The maximum Gasteiger partial charge on any atom is 0.224 e. The quantitative estimate of drug-likeness (QED) is 0.567. The zero-order valence-electron chi connectivity index (χ0n) is 14.8. The van der Waals surface area contributed by atoms with Crippen molar-refractivity contribution in [1.82, 2.24) is 19.0 Å². The van der Waals surface area contributed by atoms with Crippen LogP contribution in [0.1, 0.15) is 22.4 Å². The van der Waals surface area contributed by atoms with Crippen molar-refractivity contribution in [3.8, 4) is 0 Å². The van der Waals surface area contributed by atoms with Gasteiger partial charge in [0.1, 0.15) is 11.0 Å². The molecule has 0 unspecified atom stereocenters. The van der Waals surface area contributed by atoms with Crippen LogP contribution in [0.2, 0.25) is 0 Å². The molecule has 2 heterocycles. The summed E-state index contributed by atoms with van der Waals surface area (Å²) in [5.41, 5.74) is 7.48. The Hall–Kier alpha value is -2.73. The summed E-state index contributed by atoms with van der Waals surface area (Å²) in [6.07, 6.45) is 1.14.